The fourth-order valence-electron chi connectivity index (χ4n) is 3.11. The van der Waals surface area contributed by atoms with E-state index in [1.807, 2.05) is 26.0 Å². The van der Waals surface area contributed by atoms with Gasteiger partial charge in [-0.25, -0.2) is 8.42 Å². The van der Waals surface area contributed by atoms with Gasteiger partial charge >= 0.3 is 0 Å². The van der Waals surface area contributed by atoms with Crippen LogP contribution in [0.25, 0.3) is 0 Å². The second-order valence-corrected chi connectivity index (χ2v) is 8.63. The van der Waals surface area contributed by atoms with Crippen molar-refractivity contribution in [3.8, 4) is 11.5 Å². The van der Waals surface area contributed by atoms with Crippen molar-refractivity contribution in [2.45, 2.75) is 18.7 Å². The molecule has 0 atom stereocenters. The molecule has 0 unspecified atom stereocenters. The van der Waals surface area contributed by atoms with Gasteiger partial charge in [-0.15, -0.1) is 0 Å². The summed E-state index contributed by atoms with van der Waals surface area (Å²) in [5.74, 6) is 0.355. The molecule has 0 radical (unpaired) electrons. The van der Waals surface area contributed by atoms with E-state index in [0.29, 0.717) is 28.4 Å². The average Bonchev–Trinajstić information content (AvgIpc) is 2.75. The second kappa shape index (κ2) is 9.09. The highest BCUT2D eigenvalue weighted by molar-refractivity contribution is 7.92. The van der Waals surface area contributed by atoms with Crippen LogP contribution in [0.2, 0.25) is 0 Å². The molecule has 3 aromatic rings. The molecule has 0 fully saturated rings. The van der Waals surface area contributed by atoms with E-state index in [4.69, 9.17) is 9.47 Å². The van der Waals surface area contributed by atoms with Crippen LogP contribution in [0.4, 0.5) is 11.4 Å². The summed E-state index contributed by atoms with van der Waals surface area (Å²) in [7, 11) is -0.819. The maximum Gasteiger partial charge on any atom is 0.261 e. The Morgan fingerprint density at radius 3 is 2.23 bits per heavy atom. The molecular formula is C23H24N2O5S. The molecule has 31 heavy (non-hydrogen) atoms. The van der Waals surface area contributed by atoms with Crippen molar-refractivity contribution in [1.82, 2.24) is 0 Å². The molecule has 0 aromatic heterocycles. The van der Waals surface area contributed by atoms with Gasteiger partial charge in [0.25, 0.3) is 15.9 Å². The summed E-state index contributed by atoms with van der Waals surface area (Å²) in [5, 5.41) is 2.74. The van der Waals surface area contributed by atoms with Crippen molar-refractivity contribution >= 4 is 27.3 Å². The average molecular weight is 441 g/mol. The Kier molecular flexibility index (Phi) is 6.50. The molecular weight excluding hydrogens is 416 g/mol. The molecule has 0 heterocycles. The zero-order valence-electron chi connectivity index (χ0n) is 17.7. The van der Waals surface area contributed by atoms with Crippen molar-refractivity contribution in [1.29, 1.82) is 0 Å². The summed E-state index contributed by atoms with van der Waals surface area (Å²) in [6.07, 6.45) is 0. The molecule has 0 saturated carbocycles. The highest BCUT2D eigenvalue weighted by Crippen LogP contribution is 2.31. The summed E-state index contributed by atoms with van der Waals surface area (Å²) >= 11 is 0. The van der Waals surface area contributed by atoms with Gasteiger partial charge in [-0.3, -0.25) is 9.52 Å². The number of sulfonamides is 1. The standard InChI is InChI=1S/C23H24N2O5S/c1-15-8-13-20(16(2)14-15)25-31(27,28)18-11-9-17(10-12-18)24-23(26)19-6-5-7-21(29-3)22(19)30-4/h5-14,25H,1-4H3,(H,24,26). The second-order valence-electron chi connectivity index (χ2n) is 6.94. The number of rotatable bonds is 7. The lowest BCUT2D eigenvalue weighted by Gasteiger charge is -2.13. The number of amides is 1. The van der Waals surface area contributed by atoms with Gasteiger partial charge in [-0.2, -0.15) is 0 Å². The number of anilines is 2. The SMILES string of the molecule is COc1cccc(C(=O)Nc2ccc(S(=O)(=O)Nc3ccc(C)cc3C)cc2)c1OC. The Morgan fingerprint density at radius 2 is 1.61 bits per heavy atom. The number of ether oxygens (including phenoxy) is 2. The normalized spacial score (nSPS) is 11.0. The molecule has 0 aliphatic heterocycles. The number of methoxy groups -OCH3 is 2. The molecule has 8 heteroatoms. The summed E-state index contributed by atoms with van der Waals surface area (Å²) in [6.45, 7) is 3.79. The van der Waals surface area contributed by atoms with E-state index < -0.39 is 15.9 Å². The number of carbonyl (C=O) groups excluding carboxylic acids is 1. The fourth-order valence-corrected chi connectivity index (χ4v) is 4.24. The minimum absolute atomic E-state index is 0.0874. The van der Waals surface area contributed by atoms with E-state index in [-0.39, 0.29) is 4.90 Å². The summed E-state index contributed by atoms with van der Waals surface area (Å²) < 4.78 is 38.5. The van der Waals surface area contributed by atoms with Crippen LogP contribution in [0.1, 0.15) is 21.5 Å². The van der Waals surface area contributed by atoms with Crippen LogP contribution in [0.15, 0.2) is 65.6 Å². The van der Waals surface area contributed by atoms with Crippen LogP contribution in [0, 0.1) is 13.8 Å². The molecule has 1 amide bonds. The smallest absolute Gasteiger partial charge is 0.261 e. The van der Waals surface area contributed by atoms with Crippen molar-refractivity contribution in [3.05, 3.63) is 77.4 Å². The van der Waals surface area contributed by atoms with Crippen LogP contribution in [0.5, 0.6) is 11.5 Å². The van der Waals surface area contributed by atoms with Crippen molar-refractivity contribution in [3.63, 3.8) is 0 Å². The minimum atomic E-state index is -3.76. The predicted octanol–water partition coefficient (Wildman–Crippen LogP) is 4.37. The van der Waals surface area contributed by atoms with Crippen LogP contribution < -0.4 is 19.5 Å². The Hall–Kier alpha value is -3.52. The summed E-state index contributed by atoms with van der Waals surface area (Å²) in [6, 6.07) is 16.4. The Labute approximate surface area is 182 Å². The largest absolute Gasteiger partial charge is 0.493 e. The topological polar surface area (TPSA) is 93.7 Å². The number of para-hydroxylation sites is 1. The Balaban J connectivity index is 1.78. The van der Waals surface area contributed by atoms with E-state index in [2.05, 4.69) is 10.0 Å². The van der Waals surface area contributed by atoms with Gasteiger partial charge in [0.1, 0.15) is 0 Å². The quantitative estimate of drug-likeness (QED) is 0.569. The first-order valence-corrected chi connectivity index (χ1v) is 11.0. The Bertz CT molecular complexity index is 1210. The number of nitrogens with one attached hydrogen (secondary N) is 2. The number of aryl methyl sites for hydroxylation is 2. The lowest BCUT2D eigenvalue weighted by atomic mass is 10.1. The first-order chi connectivity index (χ1) is 14.7. The third kappa shape index (κ3) is 4.97. The molecule has 0 bridgehead atoms. The molecule has 0 aliphatic rings. The van der Waals surface area contributed by atoms with Gasteiger partial charge in [0.2, 0.25) is 0 Å². The van der Waals surface area contributed by atoms with Crippen LogP contribution >= 0.6 is 0 Å². The third-order valence-electron chi connectivity index (χ3n) is 4.70. The molecule has 0 aliphatic carbocycles. The molecule has 3 aromatic carbocycles. The summed E-state index contributed by atoms with van der Waals surface area (Å²) in [5.41, 5.74) is 3.15. The lowest BCUT2D eigenvalue weighted by molar-refractivity contribution is 0.102. The van der Waals surface area contributed by atoms with Crippen LogP contribution in [0.3, 0.4) is 0 Å². The highest BCUT2D eigenvalue weighted by atomic mass is 32.2. The molecule has 2 N–H and O–H groups in total. The van der Waals surface area contributed by atoms with E-state index in [0.717, 1.165) is 11.1 Å². The zero-order valence-corrected chi connectivity index (χ0v) is 18.5. The number of hydrogen-bond donors (Lipinski definition) is 2. The summed E-state index contributed by atoms with van der Waals surface area (Å²) in [4.78, 5) is 12.8. The first kappa shape index (κ1) is 22.2. The zero-order chi connectivity index (χ0) is 22.6. The number of benzene rings is 3. The monoisotopic (exact) mass is 440 g/mol. The molecule has 0 spiro atoms. The molecule has 3 rings (SSSR count). The third-order valence-corrected chi connectivity index (χ3v) is 6.08. The number of hydrogen-bond acceptors (Lipinski definition) is 5. The van der Waals surface area contributed by atoms with Crippen LogP contribution in [-0.4, -0.2) is 28.5 Å². The van der Waals surface area contributed by atoms with Gasteiger partial charge in [-0.05, 0) is 61.9 Å². The van der Waals surface area contributed by atoms with Gasteiger partial charge in [0, 0.05) is 5.69 Å². The Morgan fingerprint density at radius 1 is 0.903 bits per heavy atom. The van der Waals surface area contributed by atoms with Gasteiger partial charge < -0.3 is 14.8 Å². The van der Waals surface area contributed by atoms with Gasteiger partial charge in [0.15, 0.2) is 11.5 Å². The molecule has 7 nitrogen and oxygen atoms in total. The minimum Gasteiger partial charge on any atom is -0.493 e. The van der Waals surface area contributed by atoms with Gasteiger partial charge in [-0.1, -0.05) is 23.8 Å². The predicted molar refractivity (Wildman–Crippen MR) is 121 cm³/mol. The highest BCUT2D eigenvalue weighted by Gasteiger charge is 2.18. The van der Waals surface area contributed by atoms with E-state index >= 15 is 0 Å². The van der Waals surface area contributed by atoms with E-state index in [1.165, 1.54) is 38.5 Å². The first-order valence-electron chi connectivity index (χ1n) is 9.47. The molecule has 162 valence electrons. The molecule has 0 saturated heterocycles. The maximum absolute atomic E-state index is 12.7. The van der Waals surface area contributed by atoms with E-state index in [9.17, 15) is 13.2 Å². The fraction of sp³-hybridized carbons (Fsp3) is 0.174. The van der Waals surface area contributed by atoms with E-state index in [1.54, 1.807) is 24.3 Å². The maximum atomic E-state index is 12.7. The van der Waals surface area contributed by atoms with Crippen molar-refractivity contribution in [2.24, 2.45) is 0 Å². The lowest BCUT2D eigenvalue weighted by Crippen LogP contribution is -2.15. The van der Waals surface area contributed by atoms with Crippen molar-refractivity contribution < 1.29 is 22.7 Å². The number of carbonyl (C=O) groups is 1. The van der Waals surface area contributed by atoms with Crippen LogP contribution in [-0.2, 0) is 10.0 Å². The van der Waals surface area contributed by atoms with Crippen molar-refractivity contribution in [2.75, 3.05) is 24.3 Å². The van der Waals surface area contributed by atoms with Gasteiger partial charge in [0.05, 0.1) is 30.4 Å².